The van der Waals surface area contributed by atoms with E-state index in [1.807, 2.05) is 25.1 Å². The summed E-state index contributed by atoms with van der Waals surface area (Å²) < 4.78 is 0.945. The van der Waals surface area contributed by atoms with E-state index in [4.69, 9.17) is 0 Å². The number of hydrogen-bond donors (Lipinski definition) is 3. The molecule has 0 saturated carbocycles. The molecular formula is C19H25BrN4OS. The van der Waals surface area contributed by atoms with Crippen molar-refractivity contribution >= 4 is 44.8 Å². The van der Waals surface area contributed by atoms with Gasteiger partial charge in [0, 0.05) is 36.7 Å². The number of anilines is 1. The van der Waals surface area contributed by atoms with E-state index in [1.54, 1.807) is 18.4 Å². The van der Waals surface area contributed by atoms with Crippen molar-refractivity contribution in [3.8, 4) is 0 Å². The molecule has 1 unspecified atom stereocenters. The fourth-order valence-electron chi connectivity index (χ4n) is 2.38. The highest BCUT2D eigenvalue weighted by Gasteiger charge is 2.08. The van der Waals surface area contributed by atoms with Gasteiger partial charge in [0.05, 0.1) is 0 Å². The van der Waals surface area contributed by atoms with Crippen LogP contribution < -0.4 is 16.0 Å². The molecule has 1 atom stereocenters. The Morgan fingerprint density at radius 1 is 1.31 bits per heavy atom. The maximum absolute atomic E-state index is 12.1. The normalized spacial score (nSPS) is 12.5. The molecule has 1 heterocycles. The summed E-state index contributed by atoms with van der Waals surface area (Å²) in [6.07, 6.45) is 0.368. The van der Waals surface area contributed by atoms with Crippen LogP contribution in [0.5, 0.6) is 0 Å². The maximum Gasteiger partial charge on any atom is 0.226 e. The maximum atomic E-state index is 12.1. The second-order valence-corrected chi connectivity index (χ2v) is 7.79. The molecule has 2 aromatic rings. The third-order valence-electron chi connectivity index (χ3n) is 4.03. The Morgan fingerprint density at radius 2 is 2.12 bits per heavy atom. The lowest BCUT2D eigenvalue weighted by atomic mass is 10.1. The molecule has 0 aliphatic rings. The first-order valence-electron chi connectivity index (χ1n) is 8.52. The van der Waals surface area contributed by atoms with Gasteiger partial charge in [-0.1, -0.05) is 28.9 Å². The van der Waals surface area contributed by atoms with Crippen molar-refractivity contribution in [3.05, 3.63) is 50.6 Å². The lowest BCUT2D eigenvalue weighted by molar-refractivity contribution is -0.116. The van der Waals surface area contributed by atoms with Gasteiger partial charge in [-0.25, -0.2) is 0 Å². The number of hydrogen-bond acceptors (Lipinski definition) is 3. The fourth-order valence-corrected chi connectivity index (χ4v) is 3.52. The van der Waals surface area contributed by atoms with Crippen LogP contribution in [0.2, 0.25) is 0 Å². The van der Waals surface area contributed by atoms with E-state index in [0.717, 1.165) is 22.3 Å². The minimum Gasteiger partial charge on any atom is -0.356 e. The Balaban J connectivity index is 1.73. The molecule has 0 radical (unpaired) electrons. The number of nitrogens with zero attached hydrogens (tertiary/aromatic N) is 1. The monoisotopic (exact) mass is 436 g/mol. The van der Waals surface area contributed by atoms with Crippen LogP contribution in [-0.4, -0.2) is 32.0 Å². The molecule has 3 N–H and O–H groups in total. The van der Waals surface area contributed by atoms with Crippen LogP contribution in [0, 0.1) is 6.92 Å². The van der Waals surface area contributed by atoms with Crippen LogP contribution in [0.15, 0.2) is 44.5 Å². The molecule has 0 aliphatic heterocycles. The van der Waals surface area contributed by atoms with Crippen molar-refractivity contribution in [3.63, 3.8) is 0 Å². The number of aliphatic imine (C=N–C) groups is 1. The van der Waals surface area contributed by atoms with Crippen molar-refractivity contribution in [2.45, 2.75) is 26.2 Å². The standard InChI is InChI=1S/C19H25BrN4OS/c1-13-4-5-16(20)10-17(13)24-18(25)6-8-22-19(21-3)23-11-14(2)15-7-9-26-12-15/h4-5,7,9-10,12,14H,6,8,11H2,1-3H3,(H,24,25)(H2,21,22,23). The Morgan fingerprint density at radius 3 is 2.81 bits per heavy atom. The van der Waals surface area contributed by atoms with Crippen LogP contribution >= 0.6 is 27.3 Å². The van der Waals surface area contributed by atoms with Crippen molar-refractivity contribution in [1.82, 2.24) is 10.6 Å². The molecule has 1 aromatic carbocycles. The number of nitrogens with one attached hydrogen (secondary N) is 3. The fraction of sp³-hybridized carbons (Fsp3) is 0.368. The molecule has 7 heteroatoms. The Hall–Kier alpha value is -1.86. The highest BCUT2D eigenvalue weighted by atomic mass is 79.9. The molecule has 0 aliphatic carbocycles. The first-order chi connectivity index (χ1) is 12.5. The van der Waals surface area contributed by atoms with Gasteiger partial charge in [0.2, 0.25) is 5.91 Å². The van der Waals surface area contributed by atoms with Crippen molar-refractivity contribution in [1.29, 1.82) is 0 Å². The minimum absolute atomic E-state index is 0.0270. The lowest BCUT2D eigenvalue weighted by Gasteiger charge is -2.15. The molecule has 0 saturated heterocycles. The number of aryl methyl sites for hydroxylation is 1. The molecule has 26 heavy (non-hydrogen) atoms. The lowest BCUT2D eigenvalue weighted by Crippen LogP contribution is -2.40. The molecule has 0 fully saturated rings. The minimum atomic E-state index is -0.0270. The van der Waals surface area contributed by atoms with E-state index in [-0.39, 0.29) is 5.91 Å². The number of benzene rings is 1. The van der Waals surface area contributed by atoms with E-state index in [2.05, 4.69) is 60.6 Å². The summed E-state index contributed by atoms with van der Waals surface area (Å²) in [4.78, 5) is 16.3. The SMILES string of the molecule is CN=C(NCCC(=O)Nc1cc(Br)ccc1C)NCC(C)c1ccsc1. The second kappa shape index (κ2) is 10.3. The molecule has 0 spiro atoms. The van der Waals surface area contributed by atoms with Gasteiger partial charge < -0.3 is 16.0 Å². The summed E-state index contributed by atoms with van der Waals surface area (Å²) in [5, 5.41) is 13.7. The predicted molar refractivity (Wildman–Crippen MR) is 114 cm³/mol. The Kier molecular flexibility index (Phi) is 8.12. The number of amides is 1. The molecule has 1 amide bonds. The van der Waals surface area contributed by atoms with Crippen LogP contribution in [0.3, 0.4) is 0 Å². The van der Waals surface area contributed by atoms with E-state index < -0.39 is 0 Å². The summed E-state index contributed by atoms with van der Waals surface area (Å²) in [6.45, 7) is 5.46. The van der Waals surface area contributed by atoms with Crippen molar-refractivity contribution in [2.24, 2.45) is 4.99 Å². The number of thiophene rings is 1. The number of rotatable bonds is 7. The third-order valence-corrected chi connectivity index (χ3v) is 5.22. The summed E-state index contributed by atoms with van der Waals surface area (Å²) in [7, 11) is 1.73. The van der Waals surface area contributed by atoms with Gasteiger partial charge in [0.15, 0.2) is 5.96 Å². The quantitative estimate of drug-likeness (QED) is 0.451. The number of carbonyl (C=O) groups excluding carboxylic acids is 1. The Bertz CT molecular complexity index is 746. The van der Waals surface area contributed by atoms with E-state index >= 15 is 0 Å². The number of guanidine groups is 1. The predicted octanol–water partition coefficient (Wildman–Crippen LogP) is 4.12. The van der Waals surface area contributed by atoms with E-state index in [9.17, 15) is 4.79 Å². The number of carbonyl (C=O) groups is 1. The van der Waals surface area contributed by atoms with Gasteiger partial charge in [0.25, 0.3) is 0 Å². The van der Waals surface area contributed by atoms with Crippen LogP contribution in [0.25, 0.3) is 0 Å². The number of halogens is 1. The van der Waals surface area contributed by atoms with E-state index in [0.29, 0.717) is 24.8 Å². The van der Waals surface area contributed by atoms with Crippen molar-refractivity contribution in [2.75, 3.05) is 25.5 Å². The van der Waals surface area contributed by atoms with Crippen molar-refractivity contribution < 1.29 is 4.79 Å². The van der Waals surface area contributed by atoms with Gasteiger partial charge in [-0.15, -0.1) is 0 Å². The third kappa shape index (κ3) is 6.46. The van der Waals surface area contributed by atoms with Crippen LogP contribution in [0.1, 0.15) is 30.4 Å². The largest absolute Gasteiger partial charge is 0.356 e. The second-order valence-electron chi connectivity index (χ2n) is 6.10. The van der Waals surface area contributed by atoms with Gasteiger partial charge in [-0.2, -0.15) is 11.3 Å². The zero-order valence-electron chi connectivity index (χ0n) is 15.3. The first-order valence-corrected chi connectivity index (χ1v) is 10.3. The molecule has 140 valence electrons. The van der Waals surface area contributed by atoms with Gasteiger partial charge in [-0.05, 0) is 52.9 Å². The Labute approximate surface area is 167 Å². The van der Waals surface area contributed by atoms with Crippen LogP contribution in [0.4, 0.5) is 5.69 Å². The smallest absolute Gasteiger partial charge is 0.226 e. The van der Waals surface area contributed by atoms with Gasteiger partial charge >= 0.3 is 0 Å². The molecule has 0 bridgehead atoms. The first kappa shape index (κ1) is 20.5. The zero-order valence-corrected chi connectivity index (χ0v) is 17.7. The molecule has 2 rings (SSSR count). The van der Waals surface area contributed by atoms with Crippen LogP contribution in [-0.2, 0) is 4.79 Å². The van der Waals surface area contributed by atoms with Gasteiger partial charge in [-0.3, -0.25) is 9.79 Å². The summed E-state index contributed by atoms with van der Waals surface area (Å²) in [5.41, 5.74) is 3.19. The summed E-state index contributed by atoms with van der Waals surface area (Å²) in [6, 6.07) is 7.98. The van der Waals surface area contributed by atoms with E-state index in [1.165, 1.54) is 5.56 Å². The molecular weight excluding hydrogens is 412 g/mol. The van der Waals surface area contributed by atoms with Gasteiger partial charge in [0.1, 0.15) is 0 Å². The highest BCUT2D eigenvalue weighted by Crippen LogP contribution is 2.20. The summed E-state index contributed by atoms with van der Waals surface area (Å²) in [5.74, 6) is 1.09. The molecule has 5 nitrogen and oxygen atoms in total. The zero-order chi connectivity index (χ0) is 18.9. The molecule has 1 aromatic heterocycles. The summed E-state index contributed by atoms with van der Waals surface area (Å²) >= 11 is 5.13. The topological polar surface area (TPSA) is 65.5 Å². The highest BCUT2D eigenvalue weighted by molar-refractivity contribution is 9.10. The average molecular weight is 437 g/mol. The average Bonchev–Trinajstić information content (AvgIpc) is 3.15.